The summed E-state index contributed by atoms with van der Waals surface area (Å²) in [6.07, 6.45) is -3.28. The van der Waals surface area contributed by atoms with Crippen LogP contribution in [-0.2, 0) is 18.0 Å². The smallest absolute Gasteiger partial charge is 0.299 e. The van der Waals surface area contributed by atoms with Gasteiger partial charge in [0.25, 0.3) is 0 Å². The Morgan fingerprint density at radius 2 is 1.96 bits per heavy atom. The number of aromatic nitrogens is 2. The van der Waals surface area contributed by atoms with E-state index in [2.05, 4.69) is 5.10 Å². The molecular formula is C14H12F5N3O. The second kappa shape index (κ2) is 6.35. The van der Waals surface area contributed by atoms with Crippen LogP contribution in [0.5, 0.6) is 0 Å². The van der Waals surface area contributed by atoms with Crippen molar-refractivity contribution in [1.82, 2.24) is 15.1 Å². The quantitative estimate of drug-likeness (QED) is 0.691. The molecule has 1 aromatic heterocycles. The fourth-order valence-corrected chi connectivity index (χ4v) is 2.21. The zero-order valence-electron chi connectivity index (χ0n) is 11.8. The number of hydrogen-bond donors (Lipinski definition) is 1. The molecule has 23 heavy (non-hydrogen) atoms. The van der Waals surface area contributed by atoms with Gasteiger partial charge in [-0.3, -0.25) is 14.8 Å². The molecule has 1 unspecified atom stereocenters. The minimum absolute atomic E-state index is 0.0541. The molecule has 0 aliphatic rings. The normalized spacial score (nSPS) is 13.2. The van der Waals surface area contributed by atoms with Crippen molar-refractivity contribution >= 4 is 5.91 Å². The molecule has 2 rings (SSSR count). The maximum atomic E-state index is 12.8. The monoisotopic (exact) mass is 333 g/mol. The molecule has 0 spiro atoms. The number of hydrogen-bond acceptors (Lipinski definition) is 2. The number of carbonyl (C=O) groups excluding carboxylic acids is 1. The number of alkyl halides is 5. The third kappa shape index (κ3) is 3.85. The van der Waals surface area contributed by atoms with Crippen molar-refractivity contribution in [3.05, 3.63) is 53.3 Å². The lowest BCUT2D eigenvalue weighted by atomic mass is 9.93. The molecule has 0 aliphatic carbocycles. The van der Waals surface area contributed by atoms with E-state index in [1.54, 1.807) is 0 Å². The van der Waals surface area contributed by atoms with Crippen molar-refractivity contribution in [3.8, 4) is 0 Å². The van der Waals surface area contributed by atoms with Gasteiger partial charge in [0, 0.05) is 13.2 Å². The molecule has 1 atom stereocenters. The lowest BCUT2D eigenvalue weighted by molar-refractivity contribution is -0.137. The first-order valence-corrected chi connectivity index (χ1v) is 6.43. The molecule has 1 N–H and O–H groups in total. The number of halogens is 5. The number of benzene rings is 1. The fraction of sp³-hybridized carbons (Fsp3) is 0.286. The lowest BCUT2D eigenvalue weighted by Crippen LogP contribution is -2.34. The van der Waals surface area contributed by atoms with Crippen LogP contribution in [0.4, 0.5) is 22.0 Å². The van der Waals surface area contributed by atoms with Crippen molar-refractivity contribution in [3.63, 3.8) is 0 Å². The summed E-state index contributed by atoms with van der Waals surface area (Å²) in [6.45, 7) is -3.12. The SMILES string of the molecule is Cn1nccc1C(C(=O)NC(F)F)c1cccc(C(F)(F)F)c1. The predicted molar refractivity (Wildman–Crippen MR) is 70.6 cm³/mol. The Hall–Kier alpha value is -2.45. The highest BCUT2D eigenvalue weighted by atomic mass is 19.4. The van der Waals surface area contributed by atoms with Crippen molar-refractivity contribution in [2.75, 3.05) is 0 Å². The zero-order chi connectivity index (χ0) is 17.2. The molecule has 1 heterocycles. The van der Waals surface area contributed by atoms with Crippen LogP contribution >= 0.6 is 0 Å². The van der Waals surface area contributed by atoms with Crippen molar-refractivity contribution in [2.45, 2.75) is 18.6 Å². The maximum absolute atomic E-state index is 12.8. The molecule has 0 saturated carbocycles. The van der Waals surface area contributed by atoms with E-state index in [1.165, 1.54) is 35.4 Å². The molecule has 0 bridgehead atoms. The van der Waals surface area contributed by atoms with Gasteiger partial charge in [0.1, 0.15) is 5.92 Å². The first-order valence-electron chi connectivity index (χ1n) is 6.43. The summed E-state index contributed by atoms with van der Waals surface area (Å²) in [6, 6.07) is 5.39. The van der Waals surface area contributed by atoms with E-state index >= 15 is 0 Å². The average Bonchev–Trinajstić information content (AvgIpc) is 2.84. The average molecular weight is 333 g/mol. The maximum Gasteiger partial charge on any atom is 0.416 e. The fourth-order valence-electron chi connectivity index (χ4n) is 2.21. The van der Waals surface area contributed by atoms with Gasteiger partial charge in [-0.25, -0.2) is 0 Å². The van der Waals surface area contributed by atoms with Crippen LogP contribution in [0.2, 0.25) is 0 Å². The summed E-state index contributed by atoms with van der Waals surface area (Å²) >= 11 is 0. The van der Waals surface area contributed by atoms with Gasteiger partial charge < -0.3 is 0 Å². The Kier molecular flexibility index (Phi) is 4.67. The third-order valence-corrected chi connectivity index (χ3v) is 3.22. The zero-order valence-corrected chi connectivity index (χ0v) is 11.8. The van der Waals surface area contributed by atoms with E-state index in [9.17, 15) is 26.7 Å². The molecule has 1 aromatic carbocycles. The predicted octanol–water partition coefficient (Wildman–Crippen LogP) is 2.91. The summed E-state index contributed by atoms with van der Waals surface area (Å²) in [7, 11) is 1.46. The number of nitrogens with zero attached hydrogens (tertiary/aromatic N) is 2. The van der Waals surface area contributed by atoms with Crippen LogP contribution in [0.25, 0.3) is 0 Å². The van der Waals surface area contributed by atoms with Gasteiger partial charge in [0.15, 0.2) is 0 Å². The van der Waals surface area contributed by atoms with Crippen molar-refractivity contribution in [1.29, 1.82) is 0 Å². The summed E-state index contributed by atoms with van der Waals surface area (Å²) in [4.78, 5) is 12.1. The molecule has 0 aliphatic heterocycles. The minimum atomic E-state index is -4.60. The van der Waals surface area contributed by atoms with Gasteiger partial charge in [0.05, 0.1) is 11.3 Å². The molecule has 0 fully saturated rings. The molecule has 0 saturated heterocycles. The Morgan fingerprint density at radius 3 is 2.48 bits per heavy atom. The molecular weight excluding hydrogens is 321 g/mol. The van der Waals surface area contributed by atoms with Crippen LogP contribution in [0.3, 0.4) is 0 Å². The summed E-state index contributed by atoms with van der Waals surface area (Å²) in [5.74, 6) is -2.44. The standard InChI is InChI=1S/C14H12F5N3O/c1-22-10(5-6-20-22)11(12(23)21-13(15)16)8-3-2-4-9(7-8)14(17,18)19/h2-7,11,13H,1H3,(H,21,23). The molecule has 2 aromatic rings. The van der Waals surface area contributed by atoms with Gasteiger partial charge in [-0.15, -0.1) is 0 Å². The van der Waals surface area contributed by atoms with Gasteiger partial charge in [-0.2, -0.15) is 27.1 Å². The van der Waals surface area contributed by atoms with Crippen LogP contribution < -0.4 is 5.32 Å². The number of amides is 1. The van der Waals surface area contributed by atoms with Crippen LogP contribution in [0.1, 0.15) is 22.7 Å². The summed E-state index contributed by atoms with van der Waals surface area (Å²) < 4.78 is 64.6. The Balaban J connectivity index is 2.50. The largest absolute Gasteiger partial charge is 0.416 e. The highest BCUT2D eigenvalue weighted by molar-refractivity contribution is 5.86. The van der Waals surface area contributed by atoms with E-state index in [0.29, 0.717) is 0 Å². The Bertz CT molecular complexity index is 696. The van der Waals surface area contributed by atoms with E-state index in [4.69, 9.17) is 0 Å². The second-order valence-corrected chi connectivity index (χ2v) is 4.75. The van der Waals surface area contributed by atoms with Crippen molar-refractivity contribution in [2.24, 2.45) is 7.05 Å². The second-order valence-electron chi connectivity index (χ2n) is 4.75. The number of rotatable bonds is 4. The number of carbonyl (C=O) groups is 1. The van der Waals surface area contributed by atoms with Crippen LogP contribution in [0.15, 0.2) is 36.5 Å². The van der Waals surface area contributed by atoms with Crippen LogP contribution in [-0.4, -0.2) is 22.2 Å². The third-order valence-electron chi connectivity index (χ3n) is 3.22. The number of aryl methyl sites for hydroxylation is 1. The minimum Gasteiger partial charge on any atom is -0.299 e. The highest BCUT2D eigenvalue weighted by Gasteiger charge is 2.33. The molecule has 124 valence electrons. The number of nitrogens with one attached hydrogen (secondary N) is 1. The topological polar surface area (TPSA) is 46.9 Å². The highest BCUT2D eigenvalue weighted by Crippen LogP contribution is 2.33. The van der Waals surface area contributed by atoms with E-state index in [1.807, 2.05) is 0 Å². The lowest BCUT2D eigenvalue weighted by Gasteiger charge is -2.18. The Labute approximate surface area is 127 Å². The molecule has 1 amide bonds. The van der Waals surface area contributed by atoms with Gasteiger partial charge >= 0.3 is 12.7 Å². The van der Waals surface area contributed by atoms with Gasteiger partial charge in [-0.1, -0.05) is 18.2 Å². The first-order chi connectivity index (χ1) is 10.7. The van der Waals surface area contributed by atoms with Crippen molar-refractivity contribution < 1.29 is 26.7 Å². The molecule has 4 nitrogen and oxygen atoms in total. The molecule has 9 heteroatoms. The van der Waals surface area contributed by atoms with E-state index in [-0.39, 0.29) is 11.3 Å². The summed E-state index contributed by atoms with van der Waals surface area (Å²) in [5.41, 5.74) is -0.823. The van der Waals surface area contributed by atoms with E-state index < -0.39 is 30.1 Å². The molecule has 0 radical (unpaired) electrons. The first kappa shape index (κ1) is 16.9. The summed E-state index contributed by atoms with van der Waals surface area (Å²) in [5, 5.41) is 5.24. The van der Waals surface area contributed by atoms with Gasteiger partial charge in [0.2, 0.25) is 5.91 Å². The van der Waals surface area contributed by atoms with E-state index in [0.717, 1.165) is 18.2 Å². The Morgan fingerprint density at radius 1 is 1.26 bits per heavy atom. The van der Waals surface area contributed by atoms with Crippen LogP contribution in [0, 0.1) is 0 Å². The van der Waals surface area contributed by atoms with Gasteiger partial charge in [-0.05, 0) is 17.7 Å².